The fourth-order valence-electron chi connectivity index (χ4n) is 2.42. The van der Waals surface area contributed by atoms with Crippen LogP contribution in [-0.4, -0.2) is 10.9 Å². The van der Waals surface area contributed by atoms with Gasteiger partial charge in [0.2, 0.25) is 0 Å². The third-order valence-electron chi connectivity index (χ3n) is 3.67. The summed E-state index contributed by atoms with van der Waals surface area (Å²) >= 11 is 3.20. The van der Waals surface area contributed by atoms with Crippen LogP contribution in [0.15, 0.2) is 35.7 Å². The van der Waals surface area contributed by atoms with Crippen molar-refractivity contribution < 1.29 is 4.79 Å². The highest BCUT2D eigenvalue weighted by molar-refractivity contribution is 7.21. The molecule has 0 aliphatic heterocycles. The SMILES string of the molecule is CCc1cccc(C)c1NC(=O)c1csc(-c2ccc(C)s2)n1. The summed E-state index contributed by atoms with van der Waals surface area (Å²) in [5.41, 5.74) is 3.59. The first-order chi connectivity index (χ1) is 11.1. The van der Waals surface area contributed by atoms with Crippen LogP contribution in [0, 0.1) is 13.8 Å². The molecule has 0 saturated carbocycles. The number of rotatable bonds is 4. The van der Waals surface area contributed by atoms with Crippen molar-refractivity contribution in [3.63, 3.8) is 0 Å². The lowest BCUT2D eigenvalue weighted by atomic mass is 10.1. The van der Waals surface area contributed by atoms with Gasteiger partial charge in [0, 0.05) is 15.9 Å². The summed E-state index contributed by atoms with van der Waals surface area (Å²) in [5, 5.41) is 5.74. The van der Waals surface area contributed by atoms with Crippen LogP contribution in [0.25, 0.3) is 9.88 Å². The Morgan fingerprint density at radius 2 is 2.04 bits per heavy atom. The normalized spacial score (nSPS) is 10.7. The van der Waals surface area contributed by atoms with Gasteiger partial charge < -0.3 is 5.32 Å². The molecule has 1 amide bonds. The predicted octanol–water partition coefficient (Wildman–Crippen LogP) is 5.30. The summed E-state index contributed by atoms with van der Waals surface area (Å²) in [4.78, 5) is 19.4. The van der Waals surface area contributed by atoms with Crippen LogP contribution in [0.2, 0.25) is 0 Å². The minimum absolute atomic E-state index is 0.148. The number of thiophene rings is 1. The molecule has 3 aromatic rings. The second-order valence-corrected chi connectivity index (χ2v) is 7.51. The lowest BCUT2D eigenvalue weighted by molar-refractivity contribution is 0.102. The summed E-state index contributed by atoms with van der Waals surface area (Å²) in [6, 6.07) is 10.2. The molecule has 0 unspecified atom stereocenters. The van der Waals surface area contributed by atoms with Gasteiger partial charge in [0.25, 0.3) is 5.91 Å². The molecule has 118 valence electrons. The largest absolute Gasteiger partial charge is 0.320 e. The Bertz CT molecular complexity index is 848. The molecule has 23 heavy (non-hydrogen) atoms. The lowest BCUT2D eigenvalue weighted by Gasteiger charge is -2.11. The van der Waals surface area contributed by atoms with Crippen LogP contribution >= 0.6 is 22.7 Å². The molecule has 0 aliphatic rings. The number of carbonyl (C=O) groups excluding carboxylic acids is 1. The van der Waals surface area contributed by atoms with E-state index in [1.54, 1.807) is 11.3 Å². The van der Waals surface area contributed by atoms with Gasteiger partial charge in [0.1, 0.15) is 10.7 Å². The first kappa shape index (κ1) is 15.9. The van der Waals surface area contributed by atoms with Crippen molar-refractivity contribution in [2.24, 2.45) is 0 Å². The number of benzene rings is 1. The fourth-order valence-corrected chi connectivity index (χ4v) is 4.16. The van der Waals surface area contributed by atoms with E-state index in [0.717, 1.165) is 33.1 Å². The van der Waals surface area contributed by atoms with Gasteiger partial charge in [-0.05, 0) is 43.5 Å². The molecule has 0 fully saturated rings. The maximum Gasteiger partial charge on any atom is 0.275 e. The molecule has 0 radical (unpaired) electrons. The first-order valence-electron chi connectivity index (χ1n) is 7.50. The van der Waals surface area contributed by atoms with Crippen molar-refractivity contribution >= 4 is 34.3 Å². The molecular formula is C18H18N2OS2. The number of anilines is 1. The second kappa shape index (κ2) is 6.64. The Balaban J connectivity index is 1.84. The summed E-state index contributed by atoms with van der Waals surface area (Å²) in [6.45, 7) is 6.17. The molecule has 0 saturated heterocycles. The predicted molar refractivity (Wildman–Crippen MR) is 98.7 cm³/mol. The molecule has 1 N–H and O–H groups in total. The minimum Gasteiger partial charge on any atom is -0.320 e. The number of aryl methyl sites for hydroxylation is 3. The molecule has 0 atom stereocenters. The number of para-hydroxylation sites is 1. The average molecular weight is 342 g/mol. The number of nitrogens with one attached hydrogen (secondary N) is 1. The number of carbonyl (C=O) groups is 1. The van der Waals surface area contributed by atoms with Crippen LogP contribution in [0.4, 0.5) is 5.69 Å². The third kappa shape index (κ3) is 3.35. The first-order valence-corrected chi connectivity index (χ1v) is 9.20. The van der Waals surface area contributed by atoms with Gasteiger partial charge in [0.15, 0.2) is 0 Å². The van der Waals surface area contributed by atoms with E-state index in [1.807, 2.05) is 30.5 Å². The van der Waals surface area contributed by atoms with E-state index in [1.165, 1.54) is 16.2 Å². The zero-order chi connectivity index (χ0) is 16.4. The van der Waals surface area contributed by atoms with Crippen molar-refractivity contribution in [2.75, 3.05) is 5.32 Å². The van der Waals surface area contributed by atoms with Crippen LogP contribution in [0.1, 0.15) is 33.4 Å². The Morgan fingerprint density at radius 1 is 1.22 bits per heavy atom. The zero-order valence-corrected chi connectivity index (χ0v) is 15.0. The minimum atomic E-state index is -0.148. The Labute approximate surface area is 144 Å². The van der Waals surface area contributed by atoms with Crippen molar-refractivity contribution in [1.82, 2.24) is 4.98 Å². The summed E-state index contributed by atoms with van der Waals surface area (Å²) in [6.07, 6.45) is 0.883. The third-order valence-corrected chi connectivity index (χ3v) is 5.68. The molecule has 0 aliphatic carbocycles. The maximum absolute atomic E-state index is 12.5. The Kier molecular flexibility index (Phi) is 4.59. The molecule has 2 aromatic heterocycles. The highest BCUT2D eigenvalue weighted by Gasteiger charge is 2.15. The van der Waals surface area contributed by atoms with Gasteiger partial charge >= 0.3 is 0 Å². The Hall–Kier alpha value is -1.98. The second-order valence-electron chi connectivity index (χ2n) is 5.36. The highest BCUT2D eigenvalue weighted by atomic mass is 32.1. The summed E-state index contributed by atoms with van der Waals surface area (Å²) in [7, 11) is 0. The van der Waals surface area contributed by atoms with E-state index in [-0.39, 0.29) is 5.91 Å². The van der Waals surface area contributed by atoms with E-state index >= 15 is 0 Å². The summed E-state index contributed by atoms with van der Waals surface area (Å²) < 4.78 is 0. The number of hydrogen-bond donors (Lipinski definition) is 1. The monoisotopic (exact) mass is 342 g/mol. The van der Waals surface area contributed by atoms with Crippen molar-refractivity contribution in [1.29, 1.82) is 0 Å². The van der Waals surface area contributed by atoms with E-state index in [2.05, 4.69) is 36.3 Å². The molecule has 0 bridgehead atoms. The smallest absolute Gasteiger partial charge is 0.275 e. The van der Waals surface area contributed by atoms with Crippen molar-refractivity contribution in [3.05, 3.63) is 57.4 Å². The maximum atomic E-state index is 12.5. The molecular weight excluding hydrogens is 324 g/mol. The number of hydrogen-bond acceptors (Lipinski definition) is 4. The summed E-state index contributed by atoms with van der Waals surface area (Å²) in [5.74, 6) is -0.148. The van der Waals surface area contributed by atoms with Gasteiger partial charge in [-0.15, -0.1) is 22.7 Å². The van der Waals surface area contributed by atoms with Crippen LogP contribution in [-0.2, 0) is 6.42 Å². The van der Waals surface area contributed by atoms with Crippen molar-refractivity contribution in [2.45, 2.75) is 27.2 Å². The van der Waals surface area contributed by atoms with Crippen LogP contribution < -0.4 is 5.32 Å². The van der Waals surface area contributed by atoms with Gasteiger partial charge in [-0.3, -0.25) is 4.79 Å². The standard InChI is InChI=1S/C18H18N2OS2/c1-4-13-7-5-6-11(2)16(13)20-17(21)14-10-22-18(19-14)15-9-8-12(3)23-15/h5-10H,4H2,1-3H3,(H,20,21). The van der Waals surface area contributed by atoms with E-state index in [4.69, 9.17) is 0 Å². The average Bonchev–Trinajstić information content (AvgIpc) is 3.18. The van der Waals surface area contributed by atoms with Gasteiger partial charge in [-0.25, -0.2) is 4.98 Å². The number of nitrogens with zero attached hydrogens (tertiary/aromatic N) is 1. The fraction of sp³-hybridized carbons (Fsp3) is 0.222. The van der Waals surface area contributed by atoms with E-state index in [9.17, 15) is 4.79 Å². The molecule has 2 heterocycles. The van der Waals surface area contributed by atoms with Gasteiger partial charge in [0.05, 0.1) is 4.88 Å². The van der Waals surface area contributed by atoms with Crippen LogP contribution in [0.3, 0.4) is 0 Å². The van der Waals surface area contributed by atoms with Gasteiger partial charge in [-0.1, -0.05) is 25.1 Å². The lowest BCUT2D eigenvalue weighted by Crippen LogP contribution is -2.14. The molecule has 5 heteroatoms. The Morgan fingerprint density at radius 3 is 2.74 bits per heavy atom. The highest BCUT2D eigenvalue weighted by Crippen LogP contribution is 2.30. The molecule has 0 spiro atoms. The van der Waals surface area contributed by atoms with Gasteiger partial charge in [-0.2, -0.15) is 0 Å². The number of aromatic nitrogens is 1. The number of amides is 1. The number of thiazole rings is 1. The van der Waals surface area contributed by atoms with E-state index in [0.29, 0.717) is 5.69 Å². The molecule has 3 rings (SSSR count). The van der Waals surface area contributed by atoms with Crippen LogP contribution in [0.5, 0.6) is 0 Å². The molecule has 3 nitrogen and oxygen atoms in total. The zero-order valence-electron chi connectivity index (χ0n) is 13.3. The molecule has 1 aromatic carbocycles. The van der Waals surface area contributed by atoms with E-state index < -0.39 is 0 Å². The van der Waals surface area contributed by atoms with Crippen molar-refractivity contribution in [3.8, 4) is 9.88 Å². The topological polar surface area (TPSA) is 42.0 Å². The quantitative estimate of drug-likeness (QED) is 0.699.